The molecule has 1 aliphatic heterocycles. The van der Waals surface area contributed by atoms with E-state index in [2.05, 4.69) is 16.8 Å². The van der Waals surface area contributed by atoms with E-state index in [0.717, 1.165) is 10.4 Å². The minimum atomic E-state index is -0.336. The van der Waals surface area contributed by atoms with Gasteiger partial charge in [-0.15, -0.1) is 11.3 Å². The zero-order valence-electron chi connectivity index (χ0n) is 10.9. The van der Waals surface area contributed by atoms with Gasteiger partial charge < -0.3 is 5.11 Å². The number of thiophene rings is 1. The van der Waals surface area contributed by atoms with Crippen molar-refractivity contribution in [1.29, 1.82) is 0 Å². The summed E-state index contributed by atoms with van der Waals surface area (Å²) >= 11 is 1.42. The first-order valence-electron chi connectivity index (χ1n) is 6.18. The van der Waals surface area contributed by atoms with Crippen molar-refractivity contribution in [3.63, 3.8) is 0 Å². The van der Waals surface area contributed by atoms with Gasteiger partial charge in [0.05, 0.1) is 17.7 Å². The number of carbonyl (C=O) groups is 2. The molecule has 2 aromatic rings. The first-order valence-corrected chi connectivity index (χ1v) is 7.06. The van der Waals surface area contributed by atoms with Gasteiger partial charge in [0, 0.05) is 22.8 Å². The van der Waals surface area contributed by atoms with Crippen molar-refractivity contribution >= 4 is 23.2 Å². The maximum Gasteiger partial charge on any atom is 0.263 e. The van der Waals surface area contributed by atoms with Crippen LogP contribution in [0.3, 0.4) is 0 Å². The van der Waals surface area contributed by atoms with Crippen LogP contribution in [0.25, 0.3) is 0 Å². The molecule has 0 spiro atoms. The molecule has 2 amide bonds. The quantitative estimate of drug-likeness (QED) is 0.670. The molecule has 3 rings (SSSR count). The molecule has 2 aromatic heterocycles. The average Bonchev–Trinajstić information content (AvgIpc) is 3.04. The van der Waals surface area contributed by atoms with Crippen molar-refractivity contribution < 1.29 is 14.7 Å². The predicted molar refractivity (Wildman–Crippen MR) is 76.7 cm³/mol. The van der Waals surface area contributed by atoms with E-state index in [1.54, 1.807) is 6.07 Å². The molecular weight excluding hydrogens is 288 g/mol. The molecule has 3 heterocycles. The van der Waals surface area contributed by atoms with E-state index in [0.29, 0.717) is 11.1 Å². The van der Waals surface area contributed by atoms with E-state index in [-0.39, 0.29) is 25.0 Å². The van der Waals surface area contributed by atoms with Crippen LogP contribution in [0.2, 0.25) is 0 Å². The SMILES string of the molecule is O=C1c2ccncc2C(=O)N1Cc1sccc1C#CCO. The van der Waals surface area contributed by atoms with Crippen molar-refractivity contribution in [2.24, 2.45) is 0 Å². The van der Waals surface area contributed by atoms with Crippen LogP contribution in [-0.2, 0) is 6.54 Å². The van der Waals surface area contributed by atoms with Gasteiger partial charge in [-0.3, -0.25) is 19.5 Å². The Morgan fingerprint density at radius 3 is 2.81 bits per heavy atom. The smallest absolute Gasteiger partial charge is 0.263 e. The maximum absolute atomic E-state index is 12.3. The van der Waals surface area contributed by atoms with Crippen LogP contribution in [-0.4, -0.2) is 33.4 Å². The third kappa shape index (κ3) is 2.33. The van der Waals surface area contributed by atoms with Gasteiger partial charge in [0.15, 0.2) is 0 Å². The second-order valence-corrected chi connectivity index (χ2v) is 5.34. The first kappa shape index (κ1) is 13.5. The lowest BCUT2D eigenvalue weighted by Crippen LogP contribution is -2.29. The minimum Gasteiger partial charge on any atom is -0.384 e. The van der Waals surface area contributed by atoms with Crippen molar-refractivity contribution in [3.05, 3.63) is 51.5 Å². The largest absolute Gasteiger partial charge is 0.384 e. The Kier molecular flexibility index (Phi) is 3.52. The molecule has 0 unspecified atom stereocenters. The lowest BCUT2D eigenvalue weighted by molar-refractivity contribution is 0.0644. The molecule has 0 radical (unpaired) electrons. The monoisotopic (exact) mass is 298 g/mol. The van der Waals surface area contributed by atoms with Gasteiger partial charge in [-0.1, -0.05) is 11.8 Å². The minimum absolute atomic E-state index is 0.180. The zero-order chi connectivity index (χ0) is 14.8. The van der Waals surface area contributed by atoms with Crippen molar-refractivity contribution in [3.8, 4) is 11.8 Å². The number of carbonyl (C=O) groups excluding carboxylic acids is 2. The summed E-state index contributed by atoms with van der Waals surface area (Å²) in [5.74, 6) is 4.74. The molecule has 21 heavy (non-hydrogen) atoms. The topological polar surface area (TPSA) is 70.5 Å². The lowest BCUT2D eigenvalue weighted by atomic mass is 10.2. The van der Waals surface area contributed by atoms with Gasteiger partial charge in [0.25, 0.3) is 11.8 Å². The van der Waals surface area contributed by atoms with Crippen LogP contribution in [0.5, 0.6) is 0 Å². The van der Waals surface area contributed by atoms with E-state index < -0.39 is 0 Å². The molecule has 0 saturated carbocycles. The molecule has 0 bridgehead atoms. The fourth-order valence-electron chi connectivity index (χ4n) is 2.13. The molecule has 6 heteroatoms. The van der Waals surface area contributed by atoms with Crippen molar-refractivity contribution in [2.75, 3.05) is 6.61 Å². The van der Waals surface area contributed by atoms with E-state index in [9.17, 15) is 9.59 Å². The molecule has 0 atom stereocenters. The molecule has 0 aliphatic carbocycles. The third-order valence-electron chi connectivity index (χ3n) is 3.12. The number of aliphatic hydroxyl groups is 1. The number of pyridine rings is 1. The molecule has 0 fully saturated rings. The first-order chi connectivity index (χ1) is 10.2. The summed E-state index contributed by atoms with van der Waals surface area (Å²) in [6.07, 6.45) is 2.91. The number of hydrogen-bond donors (Lipinski definition) is 1. The van der Waals surface area contributed by atoms with Crippen LogP contribution in [0, 0.1) is 11.8 Å². The highest BCUT2D eigenvalue weighted by atomic mass is 32.1. The normalized spacial score (nSPS) is 13.1. The highest BCUT2D eigenvalue weighted by molar-refractivity contribution is 7.10. The third-order valence-corrected chi connectivity index (χ3v) is 4.03. The molecule has 5 nitrogen and oxygen atoms in total. The number of imide groups is 1. The fraction of sp³-hybridized carbons (Fsp3) is 0.133. The summed E-state index contributed by atoms with van der Waals surface area (Å²) in [6.45, 7) is -0.0482. The van der Waals surface area contributed by atoms with Crippen LogP contribution >= 0.6 is 11.3 Å². The van der Waals surface area contributed by atoms with Gasteiger partial charge >= 0.3 is 0 Å². The summed E-state index contributed by atoms with van der Waals surface area (Å²) in [6, 6.07) is 3.36. The highest BCUT2D eigenvalue weighted by Gasteiger charge is 2.35. The zero-order valence-corrected chi connectivity index (χ0v) is 11.7. The number of nitrogens with zero attached hydrogens (tertiary/aromatic N) is 2. The Labute approximate surface area is 124 Å². The molecule has 1 N–H and O–H groups in total. The maximum atomic E-state index is 12.3. The predicted octanol–water partition coefficient (Wildman–Crippen LogP) is 1.28. The van der Waals surface area contributed by atoms with Crippen molar-refractivity contribution in [1.82, 2.24) is 9.88 Å². The highest BCUT2D eigenvalue weighted by Crippen LogP contribution is 2.26. The molecular formula is C15H10N2O3S. The van der Waals surface area contributed by atoms with Crippen LogP contribution in [0.1, 0.15) is 31.2 Å². The van der Waals surface area contributed by atoms with Gasteiger partial charge in [0.1, 0.15) is 6.61 Å². The fourth-order valence-corrected chi connectivity index (χ4v) is 2.95. The van der Waals surface area contributed by atoms with Crippen LogP contribution in [0.15, 0.2) is 29.9 Å². The number of hydrogen-bond acceptors (Lipinski definition) is 5. The number of aromatic nitrogens is 1. The molecule has 0 aromatic carbocycles. The lowest BCUT2D eigenvalue weighted by Gasteiger charge is -2.12. The van der Waals surface area contributed by atoms with E-state index in [1.165, 1.54) is 28.6 Å². The van der Waals surface area contributed by atoms with Crippen molar-refractivity contribution in [2.45, 2.75) is 6.54 Å². The summed E-state index contributed by atoms with van der Waals surface area (Å²) in [7, 11) is 0. The number of aliphatic hydroxyl groups excluding tert-OH is 1. The summed E-state index contributed by atoms with van der Waals surface area (Å²) in [5, 5.41) is 10.6. The van der Waals surface area contributed by atoms with Gasteiger partial charge in [-0.25, -0.2) is 0 Å². The number of fused-ring (bicyclic) bond motifs is 1. The number of rotatable bonds is 2. The van der Waals surface area contributed by atoms with Gasteiger partial charge in [-0.05, 0) is 17.5 Å². The Balaban J connectivity index is 1.89. The second-order valence-electron chi connectivity index (χ2n) is 4.34. The summed E-state index contributed by atoms with van der Waals surface area (Å²) in [4.78, 5) is 30.4. The standard InChI is InChI=1S/C15H10N2O3S/c18-6-1-2-10-4-7-21-13(10)9-17-14(19)11-3-5-16-8-12(11)15(17)20/h3-5,7-8,18H,6,9H2. The van der Waals surface area contributed by atoms with E-state index >= 15 is 0 Å². The van der Waals surface area contributed by atoms with E-state index in [1.807, 2.05) is 11.4 Å². The van der Waals surface area contributed by atoms with Crippen LogP contribution in [0.4, 0.5) is 0 Å². The van der Waals surface area contributed by atoms with E-state index in [4.69, 9.17) is 5.11 Å². The Hall–Kier alpha value is -2.49. The van der Waals surface area contributed by atoms with Crippen LogP contribution < -0.4 is 0 Å². The number of amides is 2. The van der Waals surface area contributed by atoms with Gasteiger partial charge in [0.2, 0.25) is 0 Å². The molecule has 0 saturated heterocycles. The molecule has 104 valence electrons. The second kappa shape index (κ2) is 5.48. The Morgan fingerprint density at radius 2 is 2.05 bits per heavy atom. The molecule has 1 aliphatic rings. The summed E-state index contributed by atoms with van der Waals surface area (Å²) in [5.41, 5.74) is 1.44. The Bertz CT molecular complexity index is 750. The average molecular weight is 298 g/mol. The Morgan fingerprint density at radius 1 is 1.24 bits per heavy atom. The van der Waals surface area contributed by atoms with Gasteiger partial charge in [-0.2, -0.15) is 0 Å². The summed E-state index contributed by atoms with van der Waals surface area (Å²) < 4.78 is 0.